The Morgan fingerprint density at radius 3 is 3.00 bits per heavy atom. The largest absolute Gasteiger partial charge is 0.497 e. The zero-order valence-electron chi connectivity index (χ0n) is 14.5. The van der Waals surface area contributed by atoms with Gasteiger partial charge in [0.05, 0.1) is 19.1 Å². The second-order valence-corrected chi connectivity index (χ2v) is 6.84. The minimum Gasteiger partial charge on any atom is -0.497 e. The number of hydrogen-bond acceptors (Lipinski definition) is 5. The first-order valence-electron chi connectivity index (χ1n) is 9.01. The number of rotatable bonds is 3. The molecule has 6 heteroatoms. The summed E-state index contributed by atoms with van der Waals surface area (Å²) in [5, 5.41) is 4.01. The molecule has 4 rings (SSSR count). The summed E-state index contributed by atoms with van der Waals surface area (Å²) in [6.07, 6.45) is 7.28. The van der Waals surface area contributed by atoms with E-state index in [4.69, 9.17) is 9.26 Å². The van der Waals surface area contributed by atoms with Gasteiger partial charge < -0.3 is 14.2 Å². The van der Waals surface area contributed by atoms with Crippen LogP contribution in [0.15, 0.2) is 29.1 Å². The van der Waals surface area contributed by atoms with Crippen molar-refractivity contribution in [3.63, 3.8) is 0 Å². The third-order valence-corrected chi connectivity index (χ3v) is 5.44. The first kappa shape index (κ1) is 16.1. The maximum atomic E-state index is 13.4. The van der Waals surface area contributed by atoms with Crippen LogP contribution in [0.3, 0.4) is 0 Å². The average molecular weight is 341 g/mol. The molecule has 1 aromatic heterocycles. The van der Waals surface area contributed by atoms with Crippen molar-refractivity contribution in [3.05, 3.63) is 41.5 Å². The fourth-order valence-corrected chi connectivity index (χ4v) is 4.13. The van der Waals surface area contributed by atoms with Gasteiger partial charge in [-0.25, -0.2) is 0 Å². The first-order chi connectivity index (χ1) is 12.3. The fraction of sp³-hybridized carbons (Fsp3) is 0.526. The van der Waals surface area contributed by atoms with Gasteiger partial charge in [-0.3, -0.25) is 4.79 Å². The molecule has 0 spiro atoms. The van der Waals surface area contributed by atoms with Crippen molar-refractivity contribution < 1.29 is 14.1 Å². The summed E-state index contributed by atoms with van der Waals surface area (Å²) in [6.45, 7) is 0.758. The van der Waals surface area contributed by atoms with E-state index in [0.717, 1.165) is 56.4 Å². The molecule has 2 aliphatic rings. The summed E-state index contributed by atoms with van der Waals surface area (Å²) in [5.41, 5.74) is 2.37. The summed E-state index contributed by atoms with van der Waals surface area (Å²) in [6, 6.07) is 6.00. The SMILES string of the molecule is COc1ccc2c(c1)[C@H](C(=O)N1CCCCC[C@H]1c1ncon1)CC2. The number of aromatic nitrogens is 2. The quantitative estimate of drug-likeness (QED) is 0.857. The van der Waals surface area contributed by atoms with E-state index < -0.39 is 0 Å². The van der Waals surface area contributed by atoms with E-state index in [1.807, 2.05) is 17.0 Å². The van der Waals surface area contributed by atoms with E-state index in [1.54, 1.807) is 7.11 Å². The topological polar surface area (TPSA) is 68.5 Å². The third-order valence-electron chi connectivity index (χ3n) is 5.44. The molecule has 0 saturated carbocycles. The highest BCUT2D eigenvalue weighted by Gasteiger charge is 2.37. The number of amides is 1. The summed E-state index contributed by atoms with van der Waals surface area (Å²) in [7, 11) is 1.66. The molecule has 6 nitrogen and oxygen atoms in total. The number of carbonyl (C=O) groups excluding carboxylic acids is 1. The van der Waals surface area contributed by atoms with Crippen molar-refractivity contribution >= 4 is 5.91 Å². The molecule has 2 aromatic rings. The van der Waals surface area contributed by atoms with E-state index in [-0.39, 0.29) is 17.9 Å². The number of nitrogens with zero attached hydrogens (tertiary/aromatic N) is 3. The Morgan fingerprint density at radius 2 is 2.20 bits per heavy atom. The van der Waals surface area contributed by atoms with Crippen molar-refractivity contribution in [2.75, 3.05) is 13.7 Å². The van der Waals surface area contributed by atoms with Gasteiger partial charge in [0.2, 0.25) is 12.3 Å². The van der Waals surface area contributed by atoms with Gasteiger partial charge in [0.15, 0.2) is 5.82 Å². The molecule has 1 aliphatic heterocycles. The Balaban J connectivity index is 1.63. The van der Waals surface area contributed by atoms with Crippen LogP contribution in [0.2, 0.25) is 0 Å². The zero-order chi connectivity index (χ0) is 17.2. The van der Waals surface area contributed by atoms with Gasteiger partial charge in [-0.2, -0.15) is 4.98 Å². The molecule has 1 fully saturated rings. The minimum absolute atomic E-state index is 0.0802. The number of likely N-dealkylation sites (tertiary alicyclic amines) is 1. The van der Waals surface area contributed by atoms with Crippen molar-refractivity contribution in [1.82, 2.24) is 15.0 Å². The number of methoxy groups -OCH3 is 1. The molecule has 1 aromatic carbocycles. The lowest BCUT2D eigenvalue weighted by atomic mass is 9.98. The maximum Gasteiger partial charge on any atom is 0.230 e. The Kier molecular flexibility index (Phi) is 4.42. The lowest BCUT2D eigenvalue weighted by Crippen LogP contribution is -2.38. The summed E-state index contributed by atoms with van der Waals surface area (Å²) in [4.78, 5) is 19.6. The Labute approximate surface area is 147 Å². The molecule has 0 unspecified atom stereocenters. The van der Waals surface area contributed by atoms with Crippen LogP contribution in [-0.4, -0.2) is 34.6 Å². The van der Waals surface area contributed by atoms with Gasteiger partial charge in [-0.05, 0) is 48.9 Å². The second-order valence-electron chi connectivity index (χ2n) is 6.84. The van der Waals surface area contributed by atoms with Crippen LogP contribution < -0.4 is 4.74 Å². The minimum atomic E-state index is -0.0994. The van der Waals surface area contributed by atoms with Crippen LogP contribution in [0, 0.1) is 0 Å². The molecule has 1 aliphatic carbocycles. The van der Waals surface area contributed by atoms with Crippen LogP contribution in [0.4, 0.5) is 0 Å². The van der Waals surface area contributed by atoms with E-state index in [0.29, 0.717) is 5.82 Å². The third kappa shape index (κ3) is 3.01. The van der Waals surface area contributed by atoms with Crippen molar-refractivity contribution in [3.8, 4) is 5.75 Å². The van der Waals surface area contributed by atoms with Crippen molar-refractivity contribution in [2.24, 2.45) is 0 Å². The van der Waals surface area contributed by atoms with Gasteiger partial charge in [0.1, 0.15) is 5.75 Å². The highest BCUT2D eigenvalue weighted by Crippen LogP contribution is 2.39. The van der Waals surface area contributed by atoms with Gasteiger partial charge in [0.25, 0.3) is 0 Å². The maximum absolute atomic E-state index is 13.4. The molecular weight excluding hydrogens is 318 g/mol. The van der Waals surface area contributed by atoms with Crippen molar-refractivity contribution in [2.45, 2.75) is 50.5 Å². The Bertz CT molecular complexity index is 744. The first-order valence-corrected chi connectivity index (χ1v) is 9.01. The average Bonchev–Trinajstić information content (AvgIpc) is 3.25. The highest BCUT2D eigenvalue weighted by atomic mass is 16.5. The van der Waals surface area contributed by atoms with E-state index in [1.165, 1.54) is 12.0 Å². The summed E-state index contributed by atoms with van der Waals surface area (Å²) < 4.78 is 10.3. The molecule has 0 N–H and O–H groups in total. The fourth-order valence-electron chi connectivity index (χ4n) is 4.13. The number of aryl methyl sites for hydroxylation is 1. The Morgan fingerprint density at radius 1 is 1.28 bits per heavy atom. The number of benzene rings is 1. The molecule has 1 amide bonds. The standard InChI is InChI=1S/C19H23N3O3/c1-24-14-8-6-13-7-9-15(16(13)11-14)19(23)22-10-4-2-3-5-17(22)18-20-12-25-21-18/h6,8,11-12,15,17H,2-5,7,9-10H2,1H3/t15-,17+/m1/s1. The predicted octanol–water partition coefficient (Wildman–Crippen LogP) is 3.25. The van der Waals surface area contributed by atoms with E-state index in [2.05, 4.69) is 16.2 Å². The van der Waals surface area contributed by atoms with Gasteiger partial charge in [0, 0.05) is 6.54 Å². The lowest BCUT2D eigenvalue weighted by molar-refractivity contribution is -0.135. The van der Waals surface area contributed by atoms with Crippen LogP contribution in [0.5, 0.6) is 5.75 Å². The molecule has 0 radical (unpaired) electrons. The predicted molar refractivity (Wildman–Crippen MR) is 91.3 cm³/mol. The molecule has 2 atom stereocenters. The molecule has 0 bridgehead atoms. The summed E-state index contributed by atoms with van der Waals surface area (Å²) in [5.74, 6) is 1.52. The number of fused-ring (bicyclic) bond motifs is 1. The van der Waals surface area contributed by atoms with Crippen molar-refractivity contribution in [1.29, 1.82) is 0 Å². The van der Waals surface area contributed by atoms with E-state index >= 15 is 0 Å². The van der Waals surface area contributed by atoms with Gasteiger partial charge in [-0.1, -0.05) is 24.1 Å². The van der Waals surface area contributed by atoms with E-state index in [9.17, 15) is 4.79 Å². The lowest BCUT2D eigenvalue weighted by Gasteiger charge is -2.30. The number of carbonyl (C=O) groups is 1. The molecule has 2 heterocycles. The van der Waals surface area contributed by atoms with Crippen LogP contribution in [-0.2, 0) is 11.2 Å². The second kappa shape index (κ2) is 6.86. The van der Waals surface area contributed by atoms with Crippen LogP contribution >= 0.6 is 0 Å². The normalized spacial score (nSPS) is 23.2. The molecule has 1 saturated heterocycles. The Hall–Kier alpha value is -2.37. The van der Waals surface area contributed by atoms with Crippen LogP contribution in [0.1, 0.15) is 61.0 Å². The number of ether oxygens (including phenoxy) is 1. The summed E-state index contributed by atoms with van der Waals surface area (Å²) >= 11 is 0. The molecule has 25 heavy (non-hydrogen) atoms. The molecular formula is C19H23N3O3. The smallest absolute Gasteiger partial charge is 0.230 e. The monoisotopic (exact) mass is 341 g/mol. The van der Waals surface area contributed by atoms with Crippen LogP contribution in [0.25, 0.3) is 0 Å². The number of hydrogen-bond donors (Lipinski definition) is 0. The highest BCUT2D eigenvalue weighted by molar-refractivity contribution is 5.85. The van der Waals surface area contributed by atoms with Gasteiger partial charge in [-0.15, -0.1) is 0 Å². The van der Waals surface area contributed by atoms with Gasteiger partial charge >= 0.3 is 0 Å². The zero-order valence-corrected chi connectivity index (χ0v) is 14.5. The molecule has 132 valence electrons.